The zero-order chi connectivity index (χ0) is 23.8. The molecule has 0 bridgehead atoms. The van der Waals surface area contributed by atoms with Crippen LogP contribution in [0, 0.1) is 5.82 Å². The van der Waals surface area contributed by atoms with Crippen LogP contribution in [0.5, 0.6) is 11.5 Å². The van der Waals surface area contributed by atoms with Crippen molar-refractivity contribution in [2.45, 2.75) is 6.61 Å². The fourth-order valence-electron chi connectivity index (χ4n) is 2.64. The molecule has 2 N–H and O–H groups in total. The summed E-state index contributed by atoms with van der Waals surface area (Å²) in [6.45, 7) is 0.201. The third kappa shape index (κ3) is 6.68. The second-order valence-electron chi connectivity index (χ2n) is 6.57. The van der Waals surface area contributed by atoms with E-state index >= 15 is 0 Å². The summed E-state index contributed by atoms with van der Waals surface area (Å²) in [6, 6.07) is 15.6. The number of ether oxygens (including phenoxy) is 2. The van der Waals surface area contributed by atoms with E-state index in [9.17, 15) is 14.0 Å². The lowest BCUT2D eigenvalue weighted by atomic mass is 10.2. The summed E-state index contributed by atoms with van der Waals surface area (Å²) in [5.74, 6) is -1.88. The topological polar surface area (TPSA) is 89.0 Å². The van der Waals surface area contributed by atoms with Gasteiger partial charge in [0.05, 0.1) is 19.0 Å². The number of carbonyl (C=O) groups is 2. The highest BCUT2D eigenvalue weighted by molar-refractivity contribution is 6.39. The van der Waals surface area contributed by atoms with Gasteiger partial charge in [0.25, 0.3) is 0 Å². The van der Waals surface area contributed by atoms with Crippen molar-refractivity contribution in [3.63, 3.8) is 0 Å². The summed E-state index contributed by atoms with van der Waals surface area (Å²) in [5, 5.41) is 6.92. The lowest BCUT2D eigenvalue weighted by Crippen LogP contribution is -2.32. The summed E-state index contributed by atoms with van der Waals surface area (Å²) in [6.07, 6.45) is 1.32. The second kappa shape index (κ2) is 11.3. The van der Waals surface area contributed by atoms with Crippen LogP contribution in [0.15, 0.2) is 65.8 Å². The first-order valence-corrected chi connectivity index (χ1v) is 10.3. The number of halogens is 3. The SMILES string of the molecule is COc1cc(C=NNC(=O)C(=O)Nc2ccccc2F)ccc1OCc1ccc(Cl)cc1Cl. The van der Waals surface area contributed by atoms with Gasteiger partial charge in [-0.2, -0.15) is 5.10 Å². The maximum atomic E-state index is 13.6. The Balaban J connectivity index is 1.59. The van der Waals surface area contributed by atoms with Crippen molar-refractivity contribution in [3.8, 4) is 11.5 Å². The first-order valence-electron chi connectivity index (χ1n) is 9.51. The Morgan fingerprint density at radius 2 is 1.82 bits per heavy atom. The normalized spacial score (nSPS) is 10.7. The Kier molecular flexibility index (Phi) is 8.23. The van der Waals surface area contributed by atoms with Gasteiger partial charge in [-0.1, -0.05) is 41.4 Å². The van der Waals surface area contributed by atoms with Gasteiger partial charge < -0.3 is 14.8 Å². The predicted octanol–water partition coefficient (Wildman–Crippen LogP) is 4.81. The van der Waals surface area contributed by atoms with Crippen molar-refractivity contribution >= 4 is 46.9 Å². The second-order valence-corrected chi connectivity index (χ2v) is 7.41. The minimum Gasteiger partial charge on any atom is -0.493 e. The molecule has 33 heavy (non-hydrogen) atoms. The van der Waals surface area contributed by atoms with Gasteiger partial charge in [0.2, 0.25) is 0 Å². The standard InChI is InChI=1S/C23H18Cl2FN3O4/c1-32-21-10-14(6-9-20(21)33-13-15-7-8-16(24)11-17(15)25)12-27-29-23(31)22(30)28-19-5-3-2-4-18(19)26/h2-12H,13H2,1H3,(H,28,30)(H,29,31). The average Bonchev–Trinajstić information content (AvgIpc) is 2.80. The van der Waals surface area contributed by atoms with E-state index in [2.05, 4.69) is 15.8 Å². The third-order valence-corrected chi connectivity index (χ3v) is 4.88. The zero-order valence-electron chi connectivity index (χ0n) is 17.3. The van der Waals surface area contributed by atoms with Crippen molar-refractivity contribution in [2.24, 2.45) is 5.10 Å². The number of para-hydroxylation sites is 1. The molecule has 2 amide bonds. The molecule has 170 valence electrons. The van der Waals surface area contributed by atoms with Gasteiger partial charge in [0, 0.05) is 15.6 Å². The first kappa shape index (κ1) is 24.0. The molecular weight excluding hydrogens is 472 g/mol. The molecule has 0 aromatic heterocycles. The van der Waals surface area contributed by atoms with E-state index < -0.39 is 17.6 Å². The molecule has 0 fully saturated rings. The molecule has 0 spiro atoms. The molecule has 0 saturated heterocycles. The fourth-order valence-corrected chi connectivity index (χ4v) is 3.10. The number of hydrazone groups is 1. The van der Waals surface area contributed by atoms with Gasteiger partial charge in [0.15, 0.2) is 11.5 Å². The minimum atomic E-state index is -1.06. The maximum absolute atomic E-state index is 13.6. The molecule has 0 saturated carbocycles. The van der Waals surface area contributed by atoms with Crippen LogP contribution in [0.4, 0.5) is 10.1 Å². The molecule has 0 aliphatic carbocycles. The maximum Gasteiger partial charge on any atom is 0.329 e. The van der Waals surface area contributed by atoms with E-state index in [0.29, 0.717) is 27.1 Å². The number of nitrogens with one attached hydrogen (secondary N) is 2. The Labute approximate surface area is 199 Å². The van der Waals surface area contributed by atoms with Crippen LogP contribution in [0.25, 0.3) is 0 Å². The van der Waals surface area contributed by atoms with Gasteiger partial charge in [0.1, 0.15) is 12.4 Å². The van der Waals surface area contributed by atoms with Crippen LogP contribution in [0.3, 0.4) is 0 Å². The molecule has 0 unspecified atom stereocenters. The van der Waals surface area contributed by atoms with Crippen molar-refractivity contribution in [1.82, 2.24) is 5.43 Å². The van der Waals surface area contributed by atoms with Crippen molar-refractivity contribution in [1.29, 1.82) is 0 Å². The van der Waals surface area contributed by atoms with E-state index in [-0.39, 0.29) is 12.3 Å². The number of hydrogen-bond donors (Lipinski definition) is 2. The molecule has 0 aliphatic heterocycles. The number of methoxy groups -OCH3 is 1. The zero-order valence-corrected chi connectivity index (χ0v) is 18.8. The highest BCUT2D eigenvalue weighted by Gasteiger charge is 2.14. The van der Waals surface area contributed by atoms with Crippen LogP contribution in [0.1, 0.15) is 11.1 Å². The Hall–Kier alpha value is -3.62. The van der Waals surface area contributed by atoms with Crippen LogP contribution in [-0.4, -0.2) is 25.1 Å². The molecule has 0 radical (unpaired) electrons. The summed E-state index contributed by atoms with van der Waals surface area (Å²) in [7, 11) is 1.48. The monoisotopic (exact) mass is 489 g/mol. The van der Waals surface area contributed by atoms with Gasteiger partial charge in [-0.25, -0.2) is 9.82 Å². The smallest absolute Gasteiger partial charge is 0.329 e. The van der Waals surface area contributed by atoms with Gasteiger partial charge in [-0.15, -0.1) is 0 Å². The van der Waals surface area contributed by atoms with Gasteiger partial charge in [-0.3, -0.25) is 9.59 Å². The van der Waals surface area contributed by atoms with Crippen molar-refractivity contribution < 1.29 is 23.5 Å². The molecule has 0 atom stereocenters. The van der Waals surface area contributed by atoms with E-state index in [1.807, 2.05) is 0 Å². The number of nitrogens with zero attached hydrogens (tertiary/aromatic N) is 1. The summed E-state index contributed by atoms with van der Waals surface area (Å²) in [4.78, 5) is 23.7. The quantitative estimate of drug-likeness (QED) is 0.283. The summed E-state index contributed by atoms with van der Waals surface area (Å²) < 4.78 is 24.7. The number of rotatable bonds is 7. The van der Waals surface area contributed by atoms with Crippen LogP contribution in [0.2, 0.25) is 10.0 Å². The fraction of sp³-hybridized carbons (Fsp3) is 0.0870. The molecule has 10 heteroatoms. The third-order valence-electron chi connectivity index (χ3n) is 4.29. The molecule has 3 aromatic rings. The molecule has 3 aromatic carbocycles. The number of anilines is 1. The highest BCUT2D eigenvalue weighted by Crippen LogP contribution is 2.29. The molecule has 0 aliphatic rings. The van der Waals surface area contributed by atoms with Crippen LogP contribution >= 0.6 is 23.2 Å². The number of carbonyl (C=O) groups excluding carboxylic acids is 2. The Bertz CT molecular complexity index is 1200. The van der Waals surface area contributed by atoms with Crippen LogP contribution in [-0.2, 0) is 16.2 Å². The predicted molar refractivity (Wildman–Crippen MR) is 125 cm³/mol. The van der Waals surface area contributed by atoms with E-state index in [0.717, 1.165) is 11.6 Å². The Morgan fingerprint density at radius 1 is 1.03 bits per heavy atom. The first-order chi connectivity index (χ1) is 15.9. The van der Waals surface area contributed by atoms with Crippen LogP contribution < -0.4 is 20.2 Å². The van der Waals surface area contributed by atoms with E-state index in [1.165, 1.54) is 31.5 Å². The summed E-state index contributed by atoms with van der Waals surface area (Å²) in [5.41, 5.74) is 3.29. The number of amides is 2. The van der Waals surface area contributed by atoms with Crippen molar-refractivity contribution in [2.75, 3.05) is 12.4 Å². The molecule has 0 heterocycles. The molecule has 7 nitrogen and oxygen atoms in total. The van der Waals surface area contributed by atoms with Gasteiger partial charge in [-0.05, 0) is 48.0 Å². The number of hydrogen-bond acceptors (Lipinski definition) is 5. The molecular formula is C23H18Cl2FN3O4. The average molecular weight is 490 g/mol. The van der Waals surface area contributed by atoms with Crippen molar-refractivity contribution in [3.05, 3.63) is 87.7 Å². The minimum absolute atomic E-state index is 0.109. The summed E-state index contributed by atoms with van der Waals surface area (Å²) >= 11 is 12.1. The Morgan fingerprint density at radius 3 is 2.55 bits per heavy atom. The largest absolute Gasteiger partial charge is 0.493 e. The highest BCUT2D eigenvalue weighted by atomic mass is 35.5. The van der Waals surface area contributed by atoms with E-state index in [4.69, 9.17) is 32.7 Å². The molecule has 3 rings (SSSR count). The van der Waals surface area contributed by atoms with E-state index in [1.54, 1.807) is 36.4 Å². The lowest BCUT2D eigenvalue weighted by molar-refractivity contribution is -0.136. The lowest BCUT2D eigenvalue weighted by Gasteiger charge is -2.12. The van der Waals surface area contributed by atoms with Gasteiger partial charge >= 0.3 is 11.8 Å². The number of benzene rings is 3.